The number of likely N-dealkylation sites (tertiary alicyclic amines) is 2. The molecule has 0 bridgehead atoms. The fourth-order valence-electron chi connectivity index (χ4n) is 4.42. The van der Waals surface area contributed by atoms with Crippen molar-refractivity contribution in [3.63, 3.8) is 0 Å². The van der Waals surface area contributed by atoms with Gasteiger partial charge in [0.2, 0.25) is 5.91 Å². The Kier molecular flexibility index (Phi) is 7.98. The van der Waals surface area contributed by atoms with E-state index in [-0.39, 0.29) is 30.7 Å². The molecule has 2 aliphatic rings. The van der Waals surface area contributed by atoms with Crippen LogP contribution in [0.2, 0.25) is 0 Å². The number of H-pyrrole nitrogens is 1. The molecule has 2 aromatic rings. The van der Waals surface area contributed by atoms with Gasteiger partial charge in [0.25, 0.3) is 0 Å². The molecule has 5 nitrogen and oxygen atoms in total. The van der Waals surface area contributed by atoms with Crippen LogP contribution in [0.1, 0.15) is 31.2 Å². The zero-order chi connectivity index (χ0) is 17.2. The topological polar surface area (TPSA) is 65.4 Å². The zero-order valence-electron chi connectivity index (χ0n) is 15.6. The molecule has 3 heterocycles. The Morgan fingerprint density at radius 2 is 1.89 bits per heavy atom. The number of piperidine rings is 1. The number of carbonyl (C=O) groups excluding carboxylic acids is 1. The number of halogens is 2. The summed E-state index contributed by atoms with van der Waals surface area (Å²) in [5.41, 5.74) is 8.54. The number of amides is 1. The second-order valence-electron chi connectivity index (χ2n) is 7.49. The van der Waals surface area contributed by atoms with Gasteiger partial charge in [-0.05, 0) is 56.8 Å². The minimum atomic E-state index is -0.462. The van der Waals surface area contributed by atoms with E-state index in [9.17, 15) is 4.79 Å². The average Bonchev–Trinajstić information content (AvgIpc) is 3.32. The molecule has 150 valence electrons. The minimum Gasteiger partial charge on any atom is -0.361 e. The number of hydrogen-bond acceptors (Lipinski definition) is 3. The van der Waals surface area contributed by atoms with Crippen LogP contribution in [0.25, 0.3) is 10.9 Å². The van der Waals surface area contributed by atoms with E-state index in [0.717, 1.165) is 30.6 Å². The Morgan fingerprint density at radius 3 is 2.67 bits per heavy atom. The van der Waals surface area contributed by atoms with E-state index in [1.54, 1.807) is 0 Å². The maximum absolute atomic E-state index is 12.9. The molecule has 0 spiro atoms. The smallest absolute Gasteiger partial charge is 0.239 e. The number of carbonyl (C=O) groups is 1. The third kappa shape index (κ3) is 4.77. The van der Waals surface area contributed by atoms with Crippen molar-refractivity contribution in [3.05, 3.63) is 36.0 Å². The monoisotopic (exact) mass is 412 g/mol. The number of rotatable bonds is 4. The van der Waals surface area contributed by atoms with Crippen molar-refractivity contribution >= 4 is 41.6 Å². The Balaban J connectivity index is 0.00000131. The van der Waals surface area contributed by atoms with Gasteiger partial charge in [-0.25, -0.2) is 0 Å². The summed E-state index contributed by atoms with van der Waals surface area (Å²) in [4.78, 5) is 20.7. The maximum atomic E-state index is 12.9. The zero-order valence-corrected chi connectivity index (χ0v) is 17.2. The lowest BCUT2D eigenvalue weighted by molar-refractivity contribution is -0.134. The van der Waals surface area contributed by atoms with Gasteiger partial charge in [-0.2, -0.15) is 0 Å². The second kappa shape index (κ2) is 9.78. The Labute approximate surface area is 173 Å². The molecule has 7 heteroatoms. The summed E-state index contributed by atoms with van der Waals surface area (Å²) in [5.74, 6) is 0.106. The van der Waals surface area contributed by atoms with E-state index in [1.807, 2.05) is 23.2 Å². The molecule has 0 saturated carbocycles. The van der Waals surface area contributed by atoms with Crippen LogP contribution in [0.4, 0.5) is 0 Å². The fraction of sp³-hybridized carbons (Fsp3) is 0.550. The minimum absolute atomic E-state index is 0. The lowest BCUT2D eigenvalue weighted by Gasteiger charge is -2.38. The highest BCUT2D eigenvalue weighted by atomic mass is 35.5. The molecule has 1 aromatic carbocycles. The molecular weight excluding hydrogens is 383 g/mol. The first-order valence-corrected chi connectivity index (χ1v) is 9.56. The number of para-hydroxylation sites is 1. The largest absolute Gasteiger partial charge is 0.361 e. The van der Waals surface area contributed by atoms with Gasteiger partial charge in [-0.1, -0.05) is 18.2 Å². The molecule has 3 N–H and O–H groups in total. The molecule has 1 unspecified atom stereocenters. The van der Waals surface area contributed by atoms with Crippen molar-refractivity contribution in [3.8, 4) is 0 Å². The van der Waals surface area contributed by atoms with Crippen LogP contribution in [-0.4, -0.2) is 59.0 Å². The second-order valence-corrected chi connectivity index (χ2v) is 7.49. The first-order chi connectivity index (χ1) is 12.2. The van der Waals surface area contributed by atoms with Crippen LogP contribution >= 0.6 is 24.8 Å². The van der Waals surface area contributed by atoms with Crippen LogP contribution in [0.3, 0.4) is 0 Å². The Bertz CT molecular complexity index is 744. The van der Waals surface area contributed by atoms with Crippen LogP contribution in [0.15, 0.2) is 30.5 Å². The number of nitrogens with zero attached hydrogens (tertiary/aromatic N) is 2. The molecule has 2 fully saturated rings. The Morgan fingerprint density at radius 1 is 1.15 bits per heavy atom. The summed E-state index contributed by atoms with van der Waals surface area (Å²) in [6.45, 7) is 4.08. The van der Waals surface area contributed by atoms with Gasteiger partial charge in [0, 0.05) is 36.2 Å². The number of hydrogen-bond donors (Lipinski definition) is 2. The van der Waals surface area contributed by atoms with Crippen molar-refractivity contribution in [2.75, 3.05) is 26.2 Å². The molecule has 1 amide bonds. The summed E-state index contributed by atoms with van der Waals surface area (Å²) in [6, 6.07) is 8.25. The van der Waals surface area contributed by atoms with Crippen molar-refractivity contribution in [1.82, 2.24) is 14.8 Å². The number of aromatic amines is 1. The molecule has 4 rings (SSSR count). The predicted molar refractivity (Wildman–Crippen MR) is 115 cm³/mol. The van der Waals surface area contributed by atoms with Crippen LogP contribution < -0.4 is 5.73 Å². The average molecular weight is 413 g/mol. The summed E-state index contributed by atoms with van der Waals surface area (Å²) < 4.78 is 0. The lowest BCUT2D eigenvalue weighted by atomic mass is 10.0. The first kappa shape index (κ1) is 22.0. The van der Waals surface area contributed by atoms with Gasteiger partial charge >= 0.3 is 0 Å². The molecule has 0 radical (unpaired) electrons. The van der Waals surface area contributed by atoms with Crippen molar-refractivity contribution < 1.29 is 4.79 Å². The number of fused-ring (bicyclic) bond motifs is 1. The van der Waals surface area contributed by atoms with Crippen LogP contribution in [-0.2, 0) is 11.2 Å². The Hall–Kier alpha value is -1.27. The van der Waals surface area contributed by atoms with E-state index in [2.05, 4.69) is 22.0 Å². The third-order valence-electron chi connectivity index (χ3n) is 5.80. The van der Waals surface area contributed by atoms with E-state index < -0.39 is 6.04 Å². The highest BCUT2D eigenvalue weighted by molar-refractivity contribution is 5.86. The number of nitrogens with one attached hydrogen (secondary N) is 1. The first-order valence-electron chi connectivity index (χ1n) is 9.56. The van der Waals surface area contributed by atoms with Crippen molar-refractivity contribution in [2.24, 2.45) is 5.73 Å². The molecule has 2 atom stereocenters. The molecule has 2 aliphatic heterocycles. The van der Waals surface area contributed by atoms with E-state index in [0.29, 0.717) is 12.5 Å². The molecule has 2 saturated heterocycles. The highest BCUT2D eigenvalue weighted by Gasteiger charge is 2.31. The SMILES string of the molecule is Cl.Cl.N[C@@H](Cc1c[nH]c2ccccc12)C(=O)N1CCCC(N2CCCC2)C1. The maximum Gasteiger partial charge on any atom is 0.239 e. The highest BCUT2D eigenvalue weighted by Crippen LogP contribution is 2.22. The van der Waals surface area contributed by atoms with Gasteiger partial charge < -0.3 is 15.6 Å². The van der Waals surface area contributed by atoms with Crippen LogP contribution in [0.5, 0.6) is 0 Å². The van der Waals surface area contributed by atoms with E-state index in [4.69, 9.17) is 5.73 Å². The fourth-order valence-corrected chi connectivity index (χ4v) is 4.42. The summed E-state index contributed by atoms with van der Waals surface area (Å²) in [7, 11) is 0. The summed E-state index contributed by atoms with van der Waals surface area (Å²) in [5, 5.41) is 1.17. The van der Waals surface area contributed by atoms with E-state index in [1.165, 1.54) is 37.7 Å². The number of aromatic nitrogens is 1. The molecular formula is C20H30Cl2N4O. The quantitative estimate of drug-likeness (QED) is 0.810. The van der Waals surface area contributed by atoms with Gasteiger partial charge in [0.05, 0.1) is 6.04 Å². The number of nitrogens with two attached hydrogens (primary N) is 1. The predicted octanol–water partition coefficient (Wildman–Crippen LogP) is 2.97. The van der Waals surface area contributed by atoms with Gasteiger partial charge in [-0.3, -0.25) is 9.69 Å². The normalized spacial score (nSPS) is 21.5. The van der Waals surface area contributed by atoms with Gasteiger partial charge in [0.1, 0.15) is 0 Å². The number of benzene rings is 1. The van der Waals surface area contributed by atoms with Crippen LogP contribution in [0, 0.1) is 0 Å². The summed E-state index contributed by atoms with van der Waals surface area (Å²) >= 11 is 0. The van der Waals surface area contributed by atoms with Gasteiger partial charge in [-0.15, -0.1) is 24.8 Å². The standard InChI is InChI=1S/C20H28N4O.2ClH/c21-18(12-15-13-22-19-8-2-1-7-17(15)19)20(25)24-11-5-6-16(14-24)23-9-3-4-10-23;;/h1-2,7-8,13,16,18,22H,3-6,9-12,14,21H2;2*1H/t16?,18-;;/m0../s1. The van der Waals surface area contributed by atoms with Crippen molar-refractivity contribution in [2.45, 2.75) is 44.2 Å². The lowest BCUT2D eigenvalue weighted by Crippen LogP contribution is -2.53. The summed E-state index contributed by atoms with van der Waals surface area (Å²) in [6.07, 6.45) is 7.47. The molecule has 27 heavy (non-hydrogen) atoms. The third-order valence-corrected chi connectivity index (χ3v) is 5.80. The molecule has 0 aliphatic carbocycles. The van der Waals surface area contributed by atoms with E-state index >= 15 is 0 Å². The molecule has 1 aromatic heterocycles. The van der Waals surface area contributed by atoms with Gasteiger partial charge in [0.15, 0.2) is 0 Å². The van der Waals surface area contributed by atoms with Crippen molar-refractivity contribution in [1.29, 1.82) is 0 Å².